The molecule has 2 rings (SSSR count). The Morgan fingerprint density at radius 2 is 1.94 bits per heavy atom. The summed E-state index contributed by atoms with van der Waals surface area (Å²) in [6.45, 7) is 0.461. The van der Waals surface area contributed by atoms with Crippen LogP contribution in [0, 0.1) is 0 Å². The van der Waals surface area contributed by atoms with Gasteiger partial charge in [0.15, 0.2) is 0 Å². The molecule has 0 aliphatic heterocycles. The summed E-state index contributed by atoms with van der Waals surface area (Å²) in [6.07, 6.45) is -1.71. The number of hydrogen-bond acceptors (Lipinski definition) is 2. The van der Waals surface area contributed by atoms with Crippen molar-refractivity contribution in [2.24, 2.45) is 5.73 Å². The fraction of sp³-hybridized carbons (Fsp3) is 0.500. The molecule has 1 aliphatic carbocycles. The molecule has 0 saturated heterocycles. The first-order valence-electron chi connectivity index (χ1n) is 5.52. The molecule has 2 N–H and O–H groups in total. The minimum Gasteiger partial charge on any atom is -0.406 e. The predicted octanol–water partition coefficient (Wildman–Crippen LogP) is 3.39. The molecule has 0 amide bonds. The number of halogens is 4. The van der Waals surface area contributed by atoms with E-state index in [-0.39, 0.29) is 23.6 Å². The Bertz CT molecular complexity index is 399. The monoisotopic (exact) mass is 281 g/mol. The molecule has 1 fully saturated rings. The van der Waals surface area contributed by atoms with Crippen molar-refractivity contribution in [2.75, 3.05) is 6.54 Å². The summed E-state index contributed by atoms with van der Waals surface area (Å²) < 4.78 is 40.2. The number of rotatable bonds is 3. The lowest BCUT2D eigenvalue weighted by atomic mass is 9.64. The van der Waals surface area contributed by atoms with E-state index in [4.69, 9.17) is 5.73 Å². The Kier molecular flexibility index (Phi) is 4.50. The van der Waals surface area contributed by atoms with Crippen LogP contribution in [0.1, 0.15) is 24.8 Å². The van der Waals surface area contributed by atoms with Crippen LogP contribution >= 0.6 is 12.4 Å². The summed E-state index contributed by atoms with van der Waals surface area (Å²) in [5, 5.41) is 0. The molecule has 0 heterocycles. The number of benzene rings is 1. The molecule has 0 unspecified atom stereocenters. The van der Waals surface area contributed by atoms with E-state index in [0.29, 0.717) is 6.54 Å². The summed E-state index contributed by atoms with van der Waals surface area (Å²) in [5.74, 6) is -0.172. The molecule has 0 radical (unpaired) electrons. The zero-order valence-electron chi connectivity index (χ0n) is 9.67. The molecule has 1 aliphatic rings. The van der Waals surface area contributed by atoms with Crippen molar-refractivity contribution in [1.82, 2.24) is 0 Å². The van der Waals surface area contributed by atoms with Gasteiger partial charge in [-0.15, -0.1) is 25.6 Å². The van der Waals surface area contributed by atoms with Gasteiger partial charge < -0.3 is 10.5 Å². The van der Waals surface area contributed by atoms with Crippen LogP contribution in [0.2, 0.25) is 0 Å². The summed E-state index contributed by atoms with van der Waals surface area (Å²) in [5.41, 5.74) is 6.41. The number of alkyl halides is 3. The van der Waals surface area contributed by atoms with Crippen molar-refractivity contribution in [1.29, 1.82) is 0 Å². The lowest BCUT2D eigenvalue weighted by Gasteiger charge is -2.41. The highest BCUT2D eigenvalue weighted by Gasteiger charge is 2.38. The maximum Gasteiger partial charge on any atom is 0.573 e. The minimum atomic E-state index is -4.64. The molecule has 0 bridgehead atoms. The van der Waals surface area contributed by atoms with Gasteiger partial charge in [-0.1, -0.05) is 18.6 Å². The van der Waals surface area contributed by atoms with Gasteiger partial charge >= 0.3 is 6.36 Å². The van der Waals surface area contributed by atoms with Gasteiger partial charge in [0.1, 0.15) is 5.75 Å². The summed E-state index contributed by atoms with van der Waals surface area (Å²) >= 11 is 0. The Hall–Kier alpha value is -0.940. The van der Waals surface area contributed by atoms with E-state index in [0.717, 1.165) is 24.8 Å². The smallest absolute Gasteiger partial charge is 0.406 e. The molecule has 6 heteroatoms. The second-order valence-corrected chi connectivity index (χ2v) is 4.41. The van der Waals surface area contributed by atoms with E-state index in [2.05, 4.69) is 4.74 Å². The molecular formula is C12H15ClF3NO. The molecule has 1 aromatic carbocycles. The first kappa shape index (κ1) is 15.1. The molecule has 0 aromatic heterocycles. The van der Waals surface area contributed by atoms with Crippen molar-refractivity contribution in [3.63, 3.8) is 0 Å². The van der Waals surface area contributed by atoms with Crippen molar-refractivity contribution in [2.45, 2.75) is 31.0 Å². The first-order chi connectivity index (χ1) is 7.95. The molecule has 1 aromatic rings. The SMILES string of the molecule is Cl.NCC1(c2cccc(OC(F)(F)F)c2)CCC1. The van der Waals surface area contributed by atoms with Crippen molar-refractivity contribution >= 4 is 12.4 Å². The quantitative estimate of drug-likeness (QED) is 0.922. The number of nitrogens with two attached hydrogens (primary N) is 1. The lowest BCUT2D eigenvalue weighted by Crippen LogP contribution is -2.41. The second-order valence-electron chi connectivity index (χ2n) is 4.41. The molecular weight excluding hydrogens is 267 g/mol. The minimum absolute atomic E-state index is 0. The number of hydrogen-bond donors (Lipinski definition) is 1. The normalized spacial score (nSPS) is 17.6. The van der Waals surface area contributed by atoms with Crippen LogP contribution in [0.4, 0.5) is 13.2 Å². The fourth-order valence-corrected chi connectivity index (χ4v) is 2.24. The molecule has 0 atom stereocenters. The van der Waals surface area contributed by atoms with Gasteiger partial charge in [-0.25, -0.2) is 0 Å². The van der Waals surface area contributed by atoms with Crippen LogP contribution in [0.25, 0.3) is 0 Å². The Labute approximate surface area is 110 Å². The highest BCUT2D eigenvalue weighted by Crippen LogP contribution is 2.43. The van der Waals surface area contributed by atoms with Gasteiger partial charge in [-0.3, -0.25) is 0 Å². The van der Waals surface area contributed by atoms with Crippen molar-refractivity contribution < 1.29 is 17.9 Å². The largest absolute Gasteiger partial charge is 0.573 e. The lowest BCUT2D eigenvalue weighted by molar-refractivity contribution is -0.274. The van der Waals surface area contributed by atoms with E-state index >= 15 is 0 Å². The zero-order chi connectivity index (χ0) is 12.5. The summed E-state index contributed by atoms with van der Waals surface area (Å²) in [4.78, 5) is 0. The highest BCUT2D eigenvalue weighted by molar-refractivity contribution is 5.85. The zero-order valence-corrected chi connectivity index (χ0v) is 10.5. The van der Waals surface area contributed by atoms with Gasteiger partial charge in [0.05, 0.1) is 0 Å². The Morgan fingerprint density at radius 1 is 1.28 bits per heavy atom. The van der Waals surface area contributed by atoms with Gasteiger partial charge in [0.2, 0.25) is 0 Å². The first-order valence-corrected chi connectivity index (χ1v) is 5.52. The van der Waals surface area contributed by atoms with Crippen LogP contribution in [0.15, 0.2) is 24.3 Å². The van der Waals surface area contributed by atoms with Crippen molar-refractivity contribution in [3.8, 4) is 5.75 Å². The third-order valence-corrected chi connectivity index (χ3v) is 3.38. The van der Waals surface area contributed by atoms with Crippen LogP contribution in [0.5, 0.6) is 5.75 Å². The van der Waals surface area contributed by atoms with Crippen LogP contribution in [0.3, 0.4) is 0 Å². The molecule has 2 nitrogen and oxygen atoms in total. The van der Waals surface area contributed by atoms with E-state index in [9.17, 15) is 13.2 Å². The predicted molar refractivity (Wildman–Crippen MR) is 65.0 cm³/mol. The molecule has 1 saturated carbocycles. The van der Waals surface area contributed by atoms with E-state index in [1.807, 2.05) is 6.07 Å². The summed E-state index contributed by atoms with van der Waals surface area (Å²) in [6, 6.07) is 6.14. The van der Waals surface area contributed by atoms with Crippen LogP contribution in [-0.2, 0) is 5.41 Å². The Balaban J connectivity index is 0.00000162. The molecule has 18 heavy (non-hydrogen) atoms. The maximum absolute atomic E-state index is 12.1. The topological polar surface area (TPSA) is 35.2 Å². The second kappa shape index (κ2) is 5.36. The van der Waals surface area contributed by atoms with E-state index in [1.54, 1.807) is 6.07 Å². The highest BCUT2D eigenvalue weighted by atomic mass is 35.5. The van der Waals surface area contributed by atoms with Crippen LogP contribution < -0.4 is 10.5 Å². The van der Waals surface area contributed by atoms with Gasteiger partial charge in [-0.05, 0) is 30.5 Å². The number of ether oxygens (including phenoxy) is 1. The van der Waals surface area contributed by atoms with E-state index in [1.165, 1.54) is 12.1 Å². The third-order valence-electron chi connectivity index (χ3n) is 3.38. The maximum atomic E-state index is 12.1. The standard InChI is InChI=1S/C12H14F3NO.ClH/c13-12(14,15)17-10-4-1-3-9(7-10)11(8-16)5-2-6-11;/h1,3-4,7H,2,5-6,8,16H2;1H. The molecule has 0 spiro atoms. The average Bonchev–Trinajstić information content (AvgIpc) is 2.14. The van der Waals surface area contributed by atoms with Gasteiger partial charge in [0, 0.05) is 12.0 Å². The third kappa shape index (κ3) is 3.09. The summed E-state index contributed by atoms with van der Waals surface area (Å²) in [7, 11) is 0. The van der Waals surface area contributed by atoms with Crippen molar-refractivity contribution in [3.05, 3.63) is 29.8 Å². The van der Waals surface area contributed by atoms with E-state index < -0.39 is 6.36 Å². The Morgan fingerprint density at radius 3 is 2.39 bits per heavy atom. The van der Waals surface area contributed by atoms with Gasteiger partial charge in [0.25, 0.3) is 0 Å². The average molecular weight is 282 g/mol. The van der Waals surface area contributed by atoms with Crippen LogP contribution in [-0.4, -0.2) is 12.9 Å². The fourth-order valence-electron chi connectivity index (χ4n) is 2.24. The van der Waals surface area contributed by atoms with Gasteiger partial charge in [-0.2, -0.15) is 0 Å². The molecule has 102 valence electrons.